The molecule has 168 valence electrons. The summed E-state index contributed by atoms with van der Waals surface area (Å²) in [6, 6.07) is 8.86. The molecule has 1 aliphatic rings. The number of aromatic nitrogens is 2. The Balaban J connectivity index is 1.87. The third-order valence-corrected chi connectivity index (χ3v) is 6.04. The highest BCUT2D eigenvalue weighted by Gasteiger charge is 2.26. The van der Waals surface area contributed by atoms with Gasteiger partial charge in [0.2, 0.25) is 0 Å². The Morgan fingerprint density at radius 3 is 2.26 bits per heavy atom. The van der Waals surface area contributed by atoms with Crippen LogP contribution in [0.15, 0.2) is 24.3 Å². The molecule has 1 saturated heterocycles. The Hall–Kier alpha value is -2.63. The molecule has 6 nitrogen and oxygen atoms in total. The zero-order valence-electron chi connectivity index (χ0n) is 19.9. The van der Waals surface area contributed by atoms with E-state index in [-0.39, 0.29) is 12.1 Å². The zero-order chi connectivity index (χ0) is 22.5. The van der Waals surface area contributed by atoms with Crippen LogP contribution < -0.4 is 10.2 Å². The van der Waals surface area contributed by atoms with Gasteiger partial charge >= 0.3 is 6.03 Å². The number of urea groups is 1. The fourth-order valence-corrected chi connectivity index (χ4v) is 3.84. The second kappa shape index (κ2) is 10.1. The smallest absolute Gasteiger partial charge is 0.317 e. The summed E-state index contributed by atoms with van der Waals surface area (Å²) >= 11 is 0. The van der Waals surface area contributed by atoms with Crippen molar-refractivity contribution in [2.75, 3.05) is 31.1 Å². The Labute approximate surface area is 187 Å². The van der Waals surface area contributed by atoms with Crippen LogP contribution >= 0.6 is 0 Å². The lowest BCUT2D eigenvalue weighted by atomic mass is 10.0. The molecule has 1 aliphatic heterocycles. The topological polar surface area (TPSA) is 61.4 Å². The lowest BCUT2D eigenvalue weighted by Gasteiger charge is -2.37. The maximum absolute atomic E-state index is 12.4. The van der Waals surface area contributed by atoms with Crippen molar-refractivity contribution in [3.05, 3.63) is 52.5 Å². The molecule has 2 aromatic rings. The fourth-order valence-electron chi connectivity index (χ4n) is 3.84. The lowest BCUT2D eigenvalue weighted by Crippen LogP contribution is -2.53. The van der Waals surface area contributed by atoms with Crippen molar-refractivity contribution in [1.29, 1.82) is 0 Å². The molecular formula is C25H37N5O. The van der Waals surface area contributed by atoms with Gasteiger partial charge in [-0.2, -0.15) is 0 Å². The summed E-state index contributed by atoms with van der Waals surface area (Å²) in [5, 5.41) is 3.00. The predicted octanol–water partition coefficient (Wildman–Crippen LogP) is 4.44. The van der Waals surface area contributed by atoms with Crippen LogP contribution in [0.4, 0.5) is 10.6 Å². The number of nitrogens with one attached hydrogen (secondary N) is 1. The van der Waals surface area contributed by atoms with E-state index in [4.69, 9.17) is 9.97 Å². The van der Waals surface area contributed by atoms with Crippen LogP contribution in [0.1, 0.15) is 68.2 Å². The van der Waals surface area contributed by atoms with Gasteiger partial charge < -0.3 is 15.1 Å². The summed E-state index contributed by atoms with van der Waals surface area (Å²) in [6.07, 6.45) is 1.83. The molecule has 1 fully saturated rings. The van der Waals surface area contributed by atoms with Crippen LogP contribution in [0.5, 0.6) is 0 Å². The Kier molecular flexibility index (Phi) is 7.52. The van der Waals surface area contributed by atoms with Crippen LogP contribution in [0.3, 0.4) is 0 Å². The standard InChI is InChI=1S/C25H37N5O/c1-7-19(5)23-27-20(6)22(16-21-10-8-18(4)9-11-21)24(28-23)29-12-14-30(15-13-29)25(31)26-17(2)3/h8-11,17,19H,7,12-16H2,1-6H3,(H,26,31). The van der Waals surface area contributed by atoms with E-state index in [1.54, 1.807) is 0 Å². The number of nitrogens with zero attached hydrogens (tertiary/aromatic N) is 4. The van der Waals surface area contributed by atoms with Crippen molar-refractivity contribution in [2.45, 2.75) is 66.3 Å². The van der Waals surface area contributed by atoms with Gasteiger partial charge in [0.15, 0.2) is 0 Å². The maximum Gasteiger partial charge on any atom is 0.317 e. The van der Waals surface area contributed by atoms with Gasteiger partial charge in [0.25, 0.3) is 0 Å². The van der Waals surface area contributed by atoms with Gasteiger partial charge in [0.1, 0.15) is 11.6 Å². The largest absolute Gasteiger partial charge is 0.353 e. The fraction of sp³-hybridized carbons (Fsp3) is 0.560. The van der Waals surface area contributed by atoms with Crippen molar-refractivity contribution >= 4 is 11.8 Å². The van der Waals surface area contributed by atoms with Crippen molar-refractivity contribution in [1.82, 2.24) is 20.2 Å². The highest BCUT2D eigenvalue weighted by molar-refractivity contribution is 5.74. The molecule has 6 heteroatoms. The third-order valence-electron chi connectivity index (χ3n) is 6.04. The van der Waals surface area contributed by atoms with E-state index in [9.17, 15) is 4.79 Å². The van der Waals surface area contributed by atoms with E-state index in [2.05, 4.69) is 62.2 Å². The first-order valence-corrected chi connectivity index (χ1v) is 11.5. The monoisotopic (exact) mass is 423 g/mol. The molecule has 0 spiro atoms. The van der Waals surface area contributed by atoms with Crippen molar-refractivity contribution in [2.24, 2.45) is 0 Å². The van der Waals surface area contributed by atoms with Gasteiger partial charge in [0, 0.05) is 55.8 Å². The molecule has 1 unspecified atom stereocenters. The van der Waals surface area contributed by atoms with Crippen LogP contribution in [0.25, 0.3) is 0 Å². The van der Waals surface area contributed by atoms with Crippen LogP contribution in [0.2, 0.25) is 0 Å². The summed E-state index contributed by atoms with van der Waals surface area (Å²) in [4.78, 5) is 26.6. The summed E-state index contributed by atoms with van der Waals surface area (Å²) < 4.78 is 0. The minimum absolute atomic E-state index is 0.0219. The molecule has 0 aliphatic carbocycles. The van der Waals surface area contributed by atoms with Crippen molar-refractivity contribution in [3.8, 4) is 0 Å². The number of aryl methyl sites for hydroxylation is 2. The first-order valence-electron chi connectivity index (χ1n) is 11.5. The summed E-state index contributed by atoms with van der Waals surface area (Å²) in [6.45, 7) is 15.5. The first-order chi connectivity index (χ1) is 14.8. The van der Waals surface area contributed by atoms with E-state index in [0.717, 1.165) is 43.3 Å². The van der Waals surface area contributed by atoms with Crippen LogP contribution in [-0.2, 0) is 6.42 Å². The highest BCUT2D eigenvalue weighted by Crippen LogP contribution is 2.28. The third kappa shape index (κ3) is 5.75. The molecule has 0 radical (unpaired) electrons. The molecular weight excluding hydrogens is 386 g/mol. The minimum atomic E-state index is 0.0219. The SMILES string of the molecule is CCC(C)c1nc(C)c(Cc2ccc(C)cc2)c(N2CCN(C(=O)NC(C)C)CC2)n1. The second-order valence-corrected chi connectivity index (χ2v) is 9.02. The second-order valence-electron chi connectivity index (χ2n) is 9.02. The van der Waals surface area contributed by atoms with Gasteiger partial charge in [-0.15, -0.1) is 0 Å². The van der Waals surface area contributed by atoms with Crippen molar-refractivity contribution in [3.63, 3.8) is 0 Å². The normalized spacial score (nSPS) is 15.3. The first kappa shape index (κ1) is 23.0. The van der Waals surface area contributed by atoms with Crippen LogP contribution in [-0.4, -0.2) is 53.1 Å². The van der Waals surface area contributed by atoms with Crippen molar-refractivity contribution < 1.29 is 4.79 Å². The van der Waals surface area contributed by atoms with E-state index < -0.39 is 0 Å². The van der Waals surface area contributed by atoms with E-state index in [0.29, 0.717) is 19.0 Å². The molecule has 1 N–H and O–H groups in total. The molecule has 0 bridgehead atoms. The predicted molar refractivity (Wildman–Crippen MR) is 127 cm³/mol. The maximum atomic E-state index is 12.4. The molecule has 31 heavy (non-hydrogen) atoms. The lowest BCUT2D eigenvalue weighted by molar-refractivity contribution is 0.191. The summed E-state index contributed by atoms with van der Waals surface area (Å²) in [7, 11) is 0. The van der Waals surface area contributed by atoms with Crippen LogP contribution in [0, 0.1) is 13.8 Å². The molecule has 0 saturated carbocycles. The molecule has 2 amide bonds. The van der Waals surface area contributed by atoms with E-state index >= 15 is 0 Å². The molecule has 2 heterocycles. The number of hydrogen-bond donors (Lipinski definition) is 1. The Morgan fingerprint density at radius 2 is 1.68 bits per heavy atom. The summed E-state index contributed by atoms with van der Waals surface area (Å²) in [5.74, 6) is 2.28. The van der Waals surface area contributed by atoms with Gasteiger partial charge in [0.05, 0.1) is 0 Å². The average molecular weight is 424 g/mol. The Morgan fingerprint density at radius 1 is 1.03 bits per heavy atom. The van der Waals surface area contributed by atoms with Gasteiger partial charge in [-0.25, -0.2) is 14.8 Å². The number of anilines is 1. The number of carbonyl (C=O) groups excluding carboxylic acids is 1. The average Bonchev–Trinajstić information content (AvgIpc) is 2.75. The number of piperazine rings is 1. The zero-order valence-corrected chi connectivity index (χ0v) is 19.9. The number of carbonyl (C=O) groups is 1. The van der Waals surface area contributed by atoms with E-state index in [1.807, 2.05) is 18.7 Å². The minimum Gasteiger partial charge on any atom is -0.353 e. The number of benzene rings is 1. The number of amides is 2. The van der Waals surface area contributed by atoms with E-state index in [1.165, 1.54) is 16.7 Å². The molecule has 1 aromatic carbocycles. The summed E-state index contributed by atoms with van der Waals surface area (Å²) in [5.41, 5.74) is 4.78. The van der Waals surface area contributed by atoms with Gasteiger partial charge in [-0.05, 0) is 39.7 Å². The highest BCUT2D eigenvalue weighted by atomic mass is 16.2. The molecule has 3 rings (SSSR count). The quantitative estimate of drug-likeness (QED) is 0.746. The Bertz CT molecular complexity index is 886. The van der Waals surface area contributed by atoms with Gasteiger partial charge in [-0.3, -0.25) is 0 Å². The number of rotatable bonds is 6. The molecule has 1 aromatic heterocycles. The number of hydrogen-bond acceptors (Lipinski definition) is 4. The molecule has 1 atom stereocenters. The van der Waals surface area contributed by atoms with Gasteiger partial charge in [-0.1, -0.05) is 43.7 Å².